The molecule has 3 aromatic rings. The number of carbonyl (C=O) groups is 1. The number of hydrogen-bond donors (Lipinski definition) is 1. The smallest absolute Gasteiger partial charge is 0.337 e. The summed E-state index contributed by atoms with van der Waals surface area (Å²) in [7, 11) is 0. The maximum absolute atomic E-state index is 11.6. The summed E-state index contributed by atoms with van der Waals surface area (Å²) in [5, 5.41) is 9.50. The summed E-state index contributed by atoms with van der Waals surface area (Å²) < 4.78 is 1.98. The minimum Gasteiger partial charge on any atom is -0.478 e. The first-order chi connectivity index (χ1) is 10.2. The van der Waals surface area contributed by atoms with Crippen molar-refractivity contribution in [2.45, 2.75) is 6.92 Å². The number of para-hydroxylation sites is 1. The predicted octanol–water partition coefficient (Wildman–Crippen LogP) is 4.15. The number of benzene rings is 2. The van der Waals surface area contributed by atoms with Gasteiger partial charge in [-0.05, 0) is 30.7 Å². The van der Waals surface area contributed by atoms with Gasteiger partial charge in [-0.2, -0.15) is 0 Å². The minimum absolute atomic E-state index is 0.322. The van der Waals surface area contributed by atoms with Crippen molar-refractivity contribution in [3.05, 3.63) is 78.0 Å². The summed E-state index contributed by atoms with van der Waals surface area (Å²) in [5.74, 6) is -0.911. The van der Waals surface area contributed by atoms with Crippen molar-refractivity contribution in [1.29, 1.82) is 0 Å². The van der Waals surface area contributed by atoms with Crippen molar-refractivity contribution in [2.75, 3.05) is 0 Å². The molecular formula is C18H15NO2. The van der Waals surface area contributed by atoms with Crippen molar-refractivity contribution in [3.63, 3.8) is 0 Å². The lowest BCUT2D eigenvalue weighted by Crippen LogP contribution is -2.02. The summed E-state index contributed by atoms with van der Waals surface area (Å²) in [6.07, 6.45) is 0. The summed E-state index contributed by atoms with van der Waals surface area (Å²) in [6.45, 7) is 1.92. The molecule has 2 aromatic carbocycles. The molecule has 0 radical (unpaired) electrons. The molecule has 1 aromatic heterocycles. The molecule has 0 aliphatic heterocycles. The van der Waals surface area contributed by atoms with Crippen molar-refractivity contribution < 1.29 is 9.90 Å². The van der Waals surface area contributed by atoms with E-state index in [0.29, 0.717) is 11.3 Å². The fourth-order valence-corrected chi connectivity index (χ4v) is 2.59. The van der Waals surface area contributed by atoms with Crippen LogP contribution in [-0.4, -0.2) is 15.6 Å². The predicted molar refractivity (Wildman–Crippen MR) is 82.9 cm³/mol. The van der Waals surface area contributed by atoms with E-state index in [-0.39, 0.29) is 0 Å². The van der Waals surface area contributed by atoms with Gasteiger partial charge in [-0.3, -0.25) is 0 Å². The Kier molecular flexibility index (Phi) is 3.32. The van der Waals surface area contributed by atoms with Crippen LogP contribution in [0.15, 0.2) is 66.7 Å². The van der Waals surface area contributed by atoms with Gasteiger partial charge in [0.15, 0.2) is 0 Å². The summed E-state index contributed by atoms with van der Waals surface area (Å²) >= 11 is 0. The van der Waals surface area contributed by atoms with Gasteiger partial charge in [0.1, 0.15) is 0 Å². The molecule has 0 bridgehead atoms. The highest BCUT2D eigenvalue weighted by Crippen LogP contribution is 2.30. The molecule has 0 spiro atoms. The topological polar surface area (TPSA) is 42.2 Å². The Hall–Kier alpha value is -2.81. The first-order valence-corrected chi connectivity index (χ1v) is 6.75. The van der Waals surface area contributed by atoms with Crippen LogP contribution in [0.1, 0.15) is 16.1 Å². The molecule has 1 heterocycles. The molecule has 0 fully saturated rings. The molecule has 104 valence electrons. The lowest BCUT2D eigenvalue weighted by atomic mass is 10.1. The largest absolute Gasteiger partial charge is 0.478 e. The Morgan fingerprint density at radius 2 is 1.52 bits per heavy atom. The molecule has 0 amide bonds. The number of aryl methyl sites for hydroxylation is 1. The highest BCUT2D eigenvalue weighted by molar-refractivity contribution is 5.96. The van der Waals surface area contributed by atoms with Gasteiger partial charge < -0.3 is 9.67 Å². The number of carboxylic acid groups (broad SMARTS) is 1. The maximum atomic E-state index is 11.6. The molecule has 21 heavy (non-hydrogen) atoms. The lowest BCUT2D eigenvalue weighted by molar-refractivity contribution is 0.0698. The molecule has 0 saturated heterocycles. The fourth-order valence-electron chi connectivity index (χ4n) is 2.59. The van der Waals surface area contributed by atoms with Gasteiger partial charge in [0.25, 0.3) is 0 Å². The van der Waals surface area contributed by atoms with E-state index >= 15 is 0 Å². The lowest BCUT2D eigenvalue weighted by Gasteiger charge is -2.12. The van der Waals surface area contributed by atoms with Crippen LogP contribution in [0.4, 0.5) is 0 Å². The average Bonchev–Trinajstić information content (AvgIpc) is 2.87. The number of carboxylic acids is 1. The van der Waals surface area contributed by atoms with Gasteiger partial charge in [-0.25, -0.2) is 4.79 Å². The van der Waals surface area contributed by atoms with Gasteiger partial charge in [0.2, 0.25) is 0 Å². The number of nitrogens with zero attached hydrogens (tertiary/aromatic N) is 1. The standard InChI is InChI=1S/C18H15NO2/c1-13-12-16(18(20)21)17(14-8-4-2-5-9-14)19(13)15-10-6-3-7-11-15/h2-12H,1H3,(H,20,21). The third-order valence-electron chi connectivity index (χ3n) is 3.48. The minimum atomic E-state index is -0.911. The van der Waals surface area contributed by atoms with Crippen LogP contribution < -0.4 is 0 Å². The number of hydrogen-bond acceptors (Lipinski definition) is 1. The van der Waals surface area contributed by atoms with Crippen molar-refractivity contribution in [2.24, 2.45) is 0 Å². The quantitative estimate of drug-likeness (QED) is 0.781. The molecule has 0 aliphatic rings. The van der Waals surface area contributed by atoms with Crippen LogP contribution in [-0.2, 0) is 0 Å². The van der Waals surface area contributed by atoms with Crippen molar-refractivity contribution in [1.82, 2.24) is 4.57 Å². The molecule has 0 unspecified atom stereocenters. The van der Waals surface area contributed by atoms with E-state index in [9.17, 15) is 9.90 Å². The highest BCUT2D eigenvalue weighted by Gasteiger charge is 2.20. The molecular weight excluding hydrogens is 262 g/mol. The van der Waals surface area contributed by atoms with Crippen molar-refractivity contribution >= 4 is 5.97 Å². The van der Waals surface area contributed by atoms with Crippen LogP contribution in [0.25, 0.3) is 16.9 Å². The fraction of sp³-hybridized carbons (Fsp3) is 0.0556. The van der Waals surface area contributed by atoms with E-state index in [4.69, 9.17) is 0 Å². The Morgan fingerprint density at radius 1 is 0.952 bits per heavy atom. The Balaban J connectivity index is 2.32. The van der Waals surface area contributed by atoms with E-state index < -0.39 is 5.97 Å². The summed E-state index contributed by atoms with van der Waals surface area (Å²) in [6, 6.07) is 21.1. The average molecular weight is 277 g/mol. The molecule has 3 heteroatoms. The van der Waals surface area contributed by atoms with Crippen LogP contribution in [0.5, 0.6) is 0 Å². The zero-order valence-electron chi connectivity index (χ0n) is 11.7. The van der Waals surface area contributed by atoms with E-state index in [2.05, 4.69) is 0 Å². The van der Waals surface area contributed by atoms with Crippen LogP contribution in [0.3, 0.4) is 0 Å². The maximum Gasteiger partial charge on any atom is 0.337 e. The van der Waals surface area contributed by atoms with Crippen LogP contribution in [0, 0.1) is 6.92 Å². The SMILES string of the molecule is Cc1cc(C(=O)O)c(-c2ccccc2)n1-c1ccccc1. The molecule has 0 atom stereocenters. The second-order valence-corrected chi connectivity index (χ2v) is 4.89. The summed E-state index contributed by atoms with van der Waals surface area (Å²) in [4.78, 5) is 11.6. The molecule has 3 rings (SSSR count). The second-order valence-electron chi connectivity index (χ2n) is 4.89. The van der Waals surface area contributed by atoms with E-state index in [1.54, 1.807) is 6.07 Å². The Morgan fingerprint density at radius 3 is 2.10 bits per heavy atom. The van der Waals surface area contributed by atoms with E-state index in [0.717, 1.165) is 16.9 Å². The molecule has 0 aliphatic carbocycles. The number of rotatable bonds is 3. The highest BCUT2D eigenvalue weighted by atomic mass is 16.4. The van der Waals surface area contributed by atoms with Gasteiger partial charge >= 0.3 is 5.97 Å². The van der Waals surface area contributed by atoms with Gasteiger partial charge in [0.05, 0.1) is 11.3 Å². The molecule has 1 N–H and O–H groups in total. The zero-order chi connectivity index (χ0) is 14.8. The first kappa shape index (κ1) is 13.2. The van der Waals surface area contributed by atoms with Crippen LogP contribution in [0.2, 0.25) is 0 Å². The van der Waals surface area contributed by atoms with Crippen LogP contribution >= 0.6 is 0 Å². The first-order valence-electron chi connectivity index (χ1n) is 6.75. The van der Waals surface area contributed by atoms with Gasteiger partial charge in [-0.1, -0.05) is 48.5 Å². The van der Waals surface area contributed by atoms with E-state index in [1.165, 1.54) is 0 Å². The Bertz CT molecular complexity index is 774. The zero-order valence-corrected chi connectivity index (χ0v) is 11.7. The Labute approximate surface area is 123 Å². The number of aromatic nitrogens is 1. The van der Waals surface area contributed by atoms with Gasteiger partial charge in [0, 0.05) is 11.4 Å². The monoisotopic (exact) mass is 277 g/mol. The molecule has 0 saturated carbocycles. The number of aromatic carboxylic acids is 1. The van der Waals surface area contributed by atoms with E-state index in [1.807, 2.05) is 72.2 Å². The molecule has 3 nitrogen and oxygen atoms in total. The third-order valence-corrected chi connectivity index (χ3v) is 3.48. The summed E-state index contributed by atoms with van der Waals surface area (Å²) in [5.41, 5.74) is 3.79. The third kappa shape index (κ3) is 2.34. The van der Waals surface area contributed by atoms with Crippen molar-refractivity contribution in [3.8, 4) is 16.9 Å². The second kappa shape index (κ2) is 5.29. The normalized spacial score (nSPS) is 10.5. The van der Waals surface area contributed by atoms with Gasteiger partial charge in [-0.15, -0.1) is 0 Å².